The van der Waals surface area contributed by atoms with Crippen LogP contribution in [0.2, 0.25) is 0 Å². The molecule has 38 heteroatoms. The topological polar surface area (TPSA) is 479 Å². The second kappa shape index (κ2) is 35.6. The molecule has 13 heterocycles. The van der Waals surface area contributed by atoms with E-state index in [2.05, 4.69) is 65.8 Å². The molecule has 4 aliphatic heterocycles. The molecule has 131 heavy (non-hydrogen) atoms. The molecule has 8 aromatic carbocycles. The fourth-order valence-corrected chi connectivity index (χ4v) is 17.6. The molecule has 4 aliphatic rings. The molecule has 34 nitrogen and oxygen atoms in total. The van der Waals surface area contributed by atoms with Crippen LogP contribution in [0, 0.1) is 52.9 Å². The zero-order valence-corrected chi connectivity index (χ0v) is 69.7. The number of likely N-dealkylation sites (tertiary alicyclic amines) is 1. The van der Waals surface area contributed by atoms with Gasteiger partial charge in [-0.1, -0.05) is 97.1 Å². The van der Waals surface area contributed by atoms with Crippen LogP contribution in [0.15, 0.2) is 232 Å². The molecular weight excluding hydrogens is 1680 g/mol. The summed E-state index contributed by atoms with van der Waals surface area (Å²) in [5.74, 6) is 0.371. The molecule has 0 spiro atoms. The third kappa shape index (κ3) is 15.8. The molecule has 4 saturated heterocycles. The smallest absolute Gasteiger partial charge is 0.276 e. The predicted octanol–water partition coefficient (Wildman–Crippen LogP) is 12.1. The zero-order chi connectivity index (χ0) is 91.0. The van der Waals surface area contributed by atoms with Crippen molar-refractivity contribution in [1.29, 1.82) is 10.5 Å². The van der Waals surface area contributed by atoms with Gasteiger partial charge in [0.15, 0.2) is 34.6 Å². The van der Waals surface area contributed by atoms with Crippen molar-refractivity contribution in [2.45, 2.75) is 82.5 Å². The van der Waals surface area contributed by atoms with Crippen LogP contribution in [0.1, 0.15) is 126 Å². The van der Waals surface area contributed by atoms with Crippen LogP contribution >= 0.6 is 0 Å². The van der Waals surface area contributed by atoms with E-state index >= 15 is 0 Å². The Bertz CT molecular complexity index is 7490. The molecule has 0 saturated carbocycles. The highest BCUT2D eigenvalue weighted by molar-refractivity contribution is 5.97. The molecule has 17 aromatic rings. The second-order valence-electron chi connectivity index (χ2n) is 31.1. The minimum Gasteiger partial charge on any atom is -0.382 e. The molecule has 4 fully saturated rings. The van der Waals surface area contributed by atoms with E-state index < -0.39 is 57.6 Å². The standard InChI is InChI=1S/C24H20FN7O.2C23H19FN8O.C23H19FN6O2/c1-14-16(13-26)21(30-24(27)28-14)31-12-6-11-19(31)22-29-18-10-5-9-17(25)20(18)23(33)32(22)15-7-3-2-4-8-15;24-14-8-4-9-15-17(14)22(33)32(13-6-2-1-3-7-13)20(28-15)16-10-5-11-31(16)21-18-19(27-12-26-18)29-23(25)30-21;24-15-8-4-9-16-18(15)22(33)32(13-6-2-1-3-7-13)21(28-16)17-10-5-11-31(17)20-14(12-25)19(26)29-23(27)30-20;24-15-8-4-9-16-18(15)22(31)30(14-6-2-1-3-7-14)21(28-16)17-10-5-13-29(17)23(32)19-20(25)27-12-11-26-19/h2-5,7-10,19H,6,11-12H2,1H3,(H2,27,28,30);1-4,6-9,12,16H,5,10-11H2,(H3,25,26,27,29,30);1-4,6-9,17H,5,10-11H2,(H4,26,27,29,30);1-4,6-9,11-12,17H,5,10,13H2,(H2,25,27)/t19-;16-;2*17-/m0000/s1. The van der Waals surface area contributed by atoms with Crippen LogP contribution in [0.4, 0.5) is 64.5 Å². The number of hydrogen-bond donors (Lipinski definition) is 6. The van der Waals surface area contributed by atoms with Crippen LogP contribution in [0.3, 0.4) is 0 Å². The molecule has 0 radical (unpaired) electrons. The minimum atomic E-state index is -0.636. The largest absolute Gasteiger partial charge is 0.382 e. The number of hydrogen-bond acceptors (Lipinski definition) is 28. The van der Waals surface area contributed by atoms with Crippen molar-refractivity contribution in [3.05, 3.63) is 323 Å². The quantitative estimate of drug-likeness (QED) is 0.0619. The van der Waals surface area contributed by atoms with Gasteiger partial charge in [-0.05, 0) is 155 Å². The van der Waals surface area contributed by atoms with E-state index in [0.717, 1.165) is 25.7 Å². The van der Waals surface area contributed by atoms with Gasteiger partial charge in [0.05, 0.1) is 81.0 Å². The highest BCUT2D eigenvalue weighted by atomic mass is 19.1. The third-order valence-corrected chi connectivity index (χ3v) is 23.3. The minimum absolute atomic E-state index is 0.0142. The number of nitrogen functional groups attached to an aromatic ring is 5. The Morgan fingerprint density at radius 3 is 1.12 bits per heavy atom. The molecular formula is C93H77F4N29O5. The summed E-state index contributed by atoms with van der Waals surface area (Å²) in [5.41, 5.74) is 33.1. The van der Waals surface area contributed by atoms with Crippen LogP contribution in [-0.4, -0.2) is 125 Å². The Morgan fingerprint density at radius 1 is 0.382 bits per heavy atom. The lowest BCUT2D eigenvalue weighted by Gasteiger charge is -2.28. The maximum atomic E-state index is 14.7. The molecule has 9 aromatic heterocycles. The van der Waals surface area contributed by atoms with Crippen molar-refractivity contribution < 1.29 is 22.4 Å². The number of carbonyl (C=O) groups excluding carboxylic acids is 1. The zero-order valence-electron chi connectivity index (χ0n) is 69.7. The van der Waals surface area contributed by atoms with E-state index in [0.29, 0.717) is 137 Å². The Balaban J connectivity index is 0.000000117. The first-order valence-corrected chi connectivity index (χ1v) is 41.7. The molecule has 1 amide bonds. The van der Waals surface area contributed by atoms with Crippen LogP contribution in [0.25, 0.3) is 77.5 Å². The van der Waals surface area contributed by atoms with Crippen molar-refractivity contribution >= 4 is 108 Å². The van der Waals surface area contributed by atoms with E-state index in [1.54, 1.807) is 109 Å². The number of H-pyrrole nitrogens is 1. The lowest BCUT2D eigenvalue weighted by atomic mass is 10.1. The second-order valence-corrected chi connectivity index (χ2v) is 31.1. The van der Waals surface area contributed by atoms with Gasteiger partial charge in [-0.3, -0.25) is 42.2 Å². The number of nitriles is 2. The number of rotatable bonds is 12. The molecule has 21 rings (SSSR count). The van der Waals surface area contributed by atoms with Gasteiger partial charge < -0.3 is 53.3 Å². The monoisotopic (exact) mass is 1760 g/mol. The predicted molar refractivity (Wildman–Crippen MR) is 484 cm³/mol. The number of para-hydroxylation sites is 4. The Hall–Kier alpha value is -17.3. The normalized spacial score (nSPS) is 15.8. The molecule has 0 aliphatic carbocycles. The summed E-state index contributed by atoms with van der Waals surface area (Å²) < 4.78 is 64.3. The van der Waals surface area contributed by atoms with E-state index in [9.17, 15) is 52.1 Å². The van der Waals surface area contributed by atoms with Gasteiger partial charge in [0, 0.05) is 38.6 Å². The molecule has 4 atom stereocenters. The highest BCUT2D eigenvalue weighted by Gasteiger charge is 2.40. The van der Waals surface area contributed by atoms with Crippen molar-refractivity contribution in [2.75, 3.05) is 69.5 Å². The van der Waals surface area contributed by atoms with Gasteiger partial charge in [0.1, 0.15) is 103 Å². The average molecular weight is 1760 g/mol. The summed E-state index contributed by atoms with van der Waals surface area (Å²) in [6.45, 7) is 3.98. The molecule has 0 unspecified atom stereocenters. The van der Waals surface area contributed by atoms with E-state index in [1.165, 1.54) is 73.1 Å². The summed E-state index contributed by atoms with van der Waals surface area (Å²) in [6.07, 6.45) is 10.1. The summed E-state index contributed by atoms with van der Waals surface area (Å²) in [7, 11) is 0. The molecule has 11 N–H and O–H groups in total. The SMILES string of the molecule is Cc1nc(N)nc(N2CCC[C@H]2c2nc3cccc(F)c3c(=O)n2-c2ccccc2)c1C#N.N#Cc1c(N)nc(N)nc1N1CCC[C@H]1c1nc2cccc(F)c2c(=O)n1-c1ccccc1.Nc1nc(N2CCC[C@H]2c2nc3cccc(F)c3c(=O)n2-c2ccccc2)c2[nH]cnc2n1.Nc1nccnc1C(=O)N1CCC[C@H]1c1nc2cccc(F)c2c(=O)n1-c1ccccc1. The maximum Gasteiger partial charge on any atom is 0.276 e. The number of amides is 1. The number of aromatic amines is 1. The number of halogens is 4. The number of nitrogens with one attached hydrogen (secondary N) is 1. The Morgan fingerprint density at radius 2 is 0.725 bits per heavy atom. The van der Waals surface area contributed by atoms with Gasteiger partial charge in [-0.2, -0.15) is 35.4 Å². The van der Waals surface area contributed by atoms with E-state index in [-0.39, 0.29) is 103 Å². The average Bonchev–Trinajstić information content (AvgIpc) is 1.74. The first-order chi connectivity index (χ1) is 63.7. The lowest BCUT2D eigenvalue weighted by molar-refractivity contribution is 0.0723. The number of carbonyl (C=O) groups is 1. The van der Waals surface area contributed by atoms with Gasteiger partial charge in [-0.25, -0.2) is 57.4 Å². The van der Waals surface area contributed by atoms with Crippen LogP contribution < -0.4 is 65.6 Å². The number of fused-ring (bicyclic) bond motifs is 5. The maximum absolute atomic E-state index is 14.7. The first kappa shape index (κ1) is 84.5. The Kier molecular flexibility index (Phi) is 23.0. The molecule has 0 bridgehead atoms. The number of imidazole rings is 1. The summed E-state index contributed by atoms with van der Waals surface area (Å²) >= 11 is 0. The molecule has 652 valence electrons. The lowest BCUT2D eigenvalue weighted by Crippen LogP contribution is -2.36. The van der Waals surface area contributed by atoms with Gasteiger partial charge in [0.2, 0.25) is 17.8 Å². The summed E-state index contributed by atoms with van der Waals surface area (Å²) in [5, 5.41) is 19.2. The first-order valence-electron chi connectivity index (χ1n) is 41.7. The highest BCUT2D eigenvalue weighted by Crippen LogP contribution is 2.43. The van der Waals surface area contributed by atoms with Gasteiger partial charge >= 0.3 is 0 Å². The fraction of sp³-hybridized carbons (Fsp3) is 0.183. The van der Waals surface area contributed by atoms with Crippen molar-refractivity contribution in [3.8, 4) is 34.9 Å². The Labute approximate surface area is 740 Å². The number of aromatic nitrogens is 18. The third-order valence-electron chi connectivity index (χ3n) is 23.3. The number of benzene rings is 8. The van der Waals surface area contributed by atoms with Gasteiger partial charge in [-0.15, -0.1) is 0 Å². The number of anilines is 8. The van der Waals surface area contributed by atoms with Crippen LogP contribution in [-0.2, 0) is 0 Å². The van der Waals surface area contributed by atoms with Crippen LogP contribution in [0.5, 0.6) is 0 Å². The van der Waals surface area contributed by atoms with Crippen molar-refractivity contribution in [3.63, 3.8) is 0 Å². The van der Waals surface area contributed by atoms with E-state index in [1.807, 2.05) is 76.5 Å². The number of nitrogens with zero attached hydrogens (tertiary/aromatic N) is 23. The van der Waals surface area contributed by atoms with Gasteiger partial charge in [0.25, 0.3) is 28.1 Å². The fourth-order valence-electron chi connectivity index (χ4n) is 17.6. The van der Waals surface area contributed by atoms with E-state index in [4.69, 9.17) is 43.6 Å². The summed E-state index contributed by atoms with van der Waals surface area (Å²) in [6, 6.07) is 56.3. The summed E-state index contributed by atoms with van der Waals surface area (Å²) in [4.78, 5) is 135. The number of nitrogens with two attached hydrogens (primary N) is 5. The number of aryl methyl sites for hydroxylation is 1. The van der Waals surface area contributed by atoms with Crippen molar-refractivity contribution in [2.24, 2.45) is 0 Å². The van der Waals surface area contributed by atoms with Crippen molar-refractivity contribution in [1.82, 2.24) is 92.9 Å².